The molecule has 0 spiro atoms. The highest BCUT2D eigenvalue weighted by Gasteiger charge is 2.61. The maximum absolute atomic E-state index is 12.9. The zero-order valence-corrected chi connectivity index (χ0v) is 12.8. The van der Waals surface area contributed by atoms with Gasteiger partial charge >= 0.3 is 5.97 Å². The first-order valence-electron chi connectivity index (χ1n) is 7.63. The molecule has 4 saturated carbocycles. The third kappa shape index (κ3) is 1.86. The summed E-state index contributed by atoms with van der Waals surface area (Å²) in [5.41, 5.74) is 0.0151. The molecule has 4 aliphatic rings. The molecule has 0 aromatic carbocycles. The van der Waals surface area contributed by atoms with Crippen LogP contribution in [0.1, 0.15) is 47.3 Å². The van der Waals surface area contributed by atoms with E-state index in [0.717, 1.165) is 29.6 Å². The van der Waals surface area contributed by atoms with Crippen molar-refractivity contribution in [2.24, 2.45) is 23.2 Å². The van der Waals surface area contributed by atoms with Gasteiger partial charge in [0.1, 0.15) is 5.00 Å². The van der Waals surface area contributed by atoms with Crippen molar-refractivity contribution in [3.8, 4) is 0 Å². The summed E-state index contributed by atoms with van der Waals surface area (Å²) in [4.78, 5) is 25.1. The van der Waals surface area contributed by atoms with Gasteiger partial charge < -0.3 is 10.4 Å². The first-order chi connectivity index (χ1) is 9.98. The summed E-state index contributed by atoms with van der Waals surface area (Å²) in [6.07, 6.45) is 5.70. The molecular formula is C16H19NO3S. The lowest BCUT2D eigenvalue weighted by Crippen LogP contribution is -2.37. The van der Waals surface area contributed by atoms with E-state index < -0.39 is 5.97 Å². The van der Waals surface area contributed by atoms with Gasteiger partial charge in [-0.05, 0) is 62.8 Å². The molecule has 0 aliphatic heterocycles. The Balaban J connectivity index is 1.61. The number of amides is 1. The van der Waals surface area contributed by atoms with Gasteiger partial charge in [0, 0.05) is 4.88 Å². The number of aryl methyl sites for hydroxylation is 1. The van der Waals surface area contributed by atoms with Crippen LogP contribution in [0.25, 0.3) is 0 Å². The van der Waals surface area contributed by atoms with Gasteiger partial charge in [0.2, 0.25) is 5.91 Å². The van der Waals surface area contributed by atoms with E-state index >= 15 is 0 Å². The van der Waals surface area contributed by atoms with E-state index in [1.165, 1.54) is 30.6 Å². The highest BCUT2D eigenvalue weighted by atomic mass is 32.1. The number of carboxylic acids is 1. The molecule has 2 N–H and O–H groups in total. The molecule has 4 bridgehead atoms. The first-order valence-corrected chi connectivity index (χ1v) is 8.45. The average molecular weight is 305 g/mol. The molecule has 1 aromatic heterocycles. The number of anilines is 1. The average Bonchev–Trinajstić information content (AvgIpc) is 2.97. The van der Waals surface area contributed by atoms with Gasteiger partial charge in [-0.1, -0.05) is 0 Å². The van der Waals surface area contributed by atoms with Crippen LogP contribution in [0.2, 0.25) is 0 Å². The summed E-state index contributed by atoms with van der Waals surface area (Å²) >= 11 is 1.36. The topological polar surface area (TPSA) is 66.4 Å². The molecule has 0 radical (unpaired) electrons. The third-order valence-electron chi connectivity index (χ3n) is 5.75. The Hall–Kier alpha value is -1.36. The Morgan fingerprint density at radius 3 is 2.57 bits per heavy atom. The van der Waals surface area contributed by atoms with Crippen molar-refractivity contribution >= 4 is 28.2 Å². The smallest absolute Gasteiger partial charge is 0.338 e. The number of rotatable bonds is 3. The van der Waals surface area contributed by atoms with Crippen LogP contribution in [0.3, 0.4) is 0 Å². The maximum Gasteiger partial charge on any atom is 0.338 e. The molecule has 112 valence electrons. The summed E-state index contributed by atoms with van der Waals surface area (Å²) in [5, 5.41) is 12.7. The second kappa shape index (κ2) is 4.32. The SMILES string of the molecule is Cc1cc(C(=O)O)c(NC(=O)C23CC4CC(CC2C4)C3)s1. The van der Waals surface area contributed by atoms with E-state index in [9.17, 15) is 14.7 Å². The number of thiophene rings is 1. The van der Waals surface area contributed by atoms with Crippen molar-refractivity contribution in [3.05, 3.63) is 16.5 Å². The molecule has 21 heavy (non-hydrogen) atoms. The molecule has 5 rings (SSSR count). The molecule has 2 atom stereocenters. The van der Waals surface area contributed by atoms with Crippen molar-refractivity contribution in [1.29, 1.82) is 0 Å². The van der Waals surface area contributed by atoms with E-state index in [1.807, 2.05) is 6.92 Å². The first kappa shape index (κ1) is 13.3. The van der Waals surface area contributed by atoms with E-state index in [-0.39, 0.29) is 16.9 Å². The Labute approximate surface area is 127 Å². The monoisotopic (exact) mass is 305 g/mol. The van der Waals surface area contributed by atoms with Crippen molar-refractivity contribution in [1.82, 2.24) is 0 Å². The van der Waals surface area contributed by atoms with Gasteiger partial charge in [-0.25, -0.2) is 4.79 Å². The molecule has 4 aliphatic carbocycles. The van der Waals surface area contributed by atoms with Crippen molar-refractivity contribution in [3.63, 3.8) is 0 Å². The molecule has 4 nitrogen and oxygen atoms in total. The summed E-state index contributed by atoms with van der Waals surface area (Å²) in [6, 6.07) is 1.64. The second-order valence-electron chi connectivity index (χ2n) is 7.06. The number of hydrogen-bond donors (Lipinski definition) is 2. The van der Waals surface area contributed by atoms with Crippen molar-refractivity contribution in [2.45, 2.75) is 39.0 Å². The van der Waals surface area contributed by atoms with Crippen LogP contribution in [-0.2, 0) is 4.79 Å². The lowest BCUT2D eigenvalue weighted by Gasteiger charge is -2.31. The normalized spacial score (nSPS) is 36.1. The number of aromatic carboxylic acids is 1. The quantitative estimate of drug-likeness (QED) is 0.898. The zero-order chi connectivity index (χ0) is 14.8. The van der Waals surface area contributed by atoms with Gasteiger partial charge in [0.15, 0.2) is 0 Å². The van der Waals surface area contributed by atoms with Crippen LogP contribution in [0.4, 0.5) is 5.00 Å². The molecule has 0 saturated heterocycles. The fourth-order valence-corrected chi connectivity index (χ4v) is 6.06. The minimum absolute atomic E-state index is 0.0709. The standard InChI is InChI=1S/C16H19NO3S/c1-8-2-12(14(18)19)13(21-8)17-15(20)16-6-9-3-10(7-16)5-11(16)4-9/h2,9-11H,3-7H2,1H3,(H,17,20)(H,18,19). The molecule has 1 amide bonds. The summed E-state index contributed by atoms with van der Waals surface area (Å²) in [5.74, 6) is 1.07. The Morgan fingerprint density at radius 2 is 1.95 bits per heavy atom. The number of carbonyl (C=O) groups is 2. The van der Waals surface area contributed by atoms with Crippen LogP contribution in [0, 0.1) is 30.1 Å². The maximum atomic E-state index is 12.9. The van der Waals surface area contributed by atoms with Crippen LogP contribution in [-0.4, -0.2) is 17.0 Å². The van der Waals surface area contributed by atoms with Gasteiger partial charge in [0.25, 0.3) is 0 Å². The largest absolute Gasteiger partial charge is 0.478 e. The van der Waals surface area contributed by atoms with Gasteiger partial charge in [-0.2, -0.15) is 0 Å². The summed E-state index contributed by atoms with van der Waals surface area (Å²) in [7, 11) is 0. The van der Waals surface area contributed by atoms with Gasteiger partial charge in [-0.3, -0.25) is 4.79 Å². The Kier molecular flexibility index (Phi) is 2.74. The van der Waals surface area contributed by atoms with Crippen LogP contribution >= 0.6 is 11.3 Å². The van der Waals surface area contributed by atoms with Crippen molar-refractivity contribution in [2.75, 3.05) is 5.32 Å². The summed E-state index contributed by atoms with van der Waals surface area (Å²) < 4.78 is 0. The number of nitrogens with one attached hydrogen (secondary N) is 1. The number of carbonyl (C=O) groups excluding carboxylic acids is 1. The molecule has 2 unspecified atom stereocenters. The Morgan fingerprint density at radius 1 is 1.29 bits per heavy atom. The van der Waals surface area contributed by atoms with E-state index in [2.05, 4.69) is 5.32 Å². The molecule has 5 heteroatoms. The van der Waals surface area contributed by atoms with Crippen LogP contribution in [0.15, 0.2) is 6.07 Å². The van der Waals surface area contributed by atoms with E-state index in [0.29, 0.717) is 10.9 Å². The van der Waals surface area contributed by atoms with Crippen LogP contribution < -0.4 is 5.32 Å². The second-order valence-corrected chi connectivity index (χ2v) is 8.32. The predicted octanol–water partition coefficient (Wildman–Crippen LogP) is 3.52. The van der Waals surface area contributed by atoms with Gasteiger partial charge in [-0.15, -0.1) is 11.3 Å². The number of hydrogen-bond acceptors (Lipinski definition) is 3. The summed E-state index contributed by atoms with van der Waals surface area (Å²) in [6.45, 7) is 1.87. The molecular weight excluding hydrogens is 286 g/mol. The zero-order valence-electron chi connectivity index (χ0n) is 12.0. The van der Waals surface area contributed by atoms with Gasteiger partial charge in [0.05, 0.1) is 11.0 Å². The highest BCUT2D eigenvalue weighted by Crippen LogP contribution is 2.65. The highest BCUT2D eigenvalue weighted by molar-refractivity contribution is 7.16. The molecule has 1 heterocycles. The van der Waals surface area contributed by atoms with Crippen molar-refractivity contribution < 1.29 is 14.7 Å². The minimum atomic E-state index is -0.968. The predicted molar refractivity (Wildman–Crippen MR) is 80.6 cm³/mol. The van der Waals surface area contributed by atoms with E-state index in [4.69, 9.17) is 0 Å². The van der Waals surface area contributed by atoms with Crippen LogP contribution in [0.5, 0.6) is 0 Å². The fourth-order valence-electron chi connectivity index (χ4n) is 5.16. The molecule has 1 aromatic rings. The number of carboxylic acid groups (broad SMARTS) is 1. The van der Waals surface area contributed by atoms with E-state index in [1.54, 1.807) is 6.07 Å². The Bertz CT molecular complexity index is 621. The lowest BCUT2D eigenvalue weighted by molar-refractivity contribution is -0.127. The third-order valence-corrected chi connectivity index (χ3v) is 6.72. The lowest BCUT2D eigenvalue weighted by atomic mass is 9.75. The fraction of sp³-hybridized carbons (Fsp3) is 0.625. The minimum Gasteiger partial charge on any atom is -0.478 e. The molecule has 4 fully saturated rings.